The smallest absolute Gasteiger partial charge is 0.251 e. The molecule has 1 aromatic carbocycles. The summed E-state index contributed by atoms with van der Waals surface area (Å²) in [6, 6.07) is 7.77. The Kier molecular flexibility index (Phi) is 5.62. The third-order valence-corrected chi connectivity index (χ3v) is 4.32. The second-order valence-corrected chi connectivity index (χ2v) is 5.76. The summed E-state index contributed by atoms with van der Waals surface area (Å²) in [7, 11) is 0. The quantitative estimate of drug-likeness (QED) is 0.846. The predicted octanol–water partition coefficient (Wildman–Crippen LogP) is 2.42. The average molecular weight is 290 g/mol. The molecule has 0 aromatic heterocycles. The third-order valence-electron chi connectivity index (χ3n) is 4.32. The van der Waals surface area contributed by atoms with Crippen molar-refractivity contribution in [2.75, 3.05) is 24.5 Å². The number of nitrogens with one attached hydrogen (secondary N) is 1. The largest absolute Gasteiger partial charge is 0.393 e. The van der Waals surface area contributed by atoms with Crippen molar-refractivity contribution < 1.29 is 9.90 Å². The van der Waals surface area contributed by atoms with Crippen molar-refractivity contribution in [3.63, 3.8) is 0 Å². The van der Waals surface area contributed by atoms with Crippen LogP contribution in [0.2, 0.25) is 0 Å². The second-order valence-electron chi connectivity index (χ2n) is 5.76. The number of amides is 1. The van der Waals surface area contributed by atoms with Crippen molar-refractivity contribution in [1.82, 2.24) is 5.32 Å². The van der Waals surface area contributed by atoms with Gasteiger partial charge in [-0.3, -0.25) is 4.79 Å². The van der Waals surface area contributed by atoms with E-state index in [-0.39, 0.29) is 12.0 Å². The van der Waals surface area contributed by atoms with Gasteiger partial charge in [0, 0.05) is 30.9 Å². The maximum Gasteiger partial charge on any atom is 0.251 e. The third kappa shape index (κ3) is 4.21. The molecular formula is C17H26N2O2. The van der Waals surface area contributed by atoms with E-state index in [2.05, 4.69) is 24.1 Å². The van der Waals surface area contributed by atoms with E-state index in [0.717, 1.165) is 38.0 Å². The molecule has 1 aromatic rings. The van der Waals surface area contributed by atoms with Gasteiger partial charge in [0.2, 0.25) is 0 Å². The Labute approximate surface area is 127 Å². The first-order valence-corrected chi connectivity index (χ1v) is 7.95. The minimum absolute atomic E-state index is 0.0255. The van der Waals surface area contributed by atoms with E-state index in [0.29, 0.717) is 18.0 Å². The van der Waals surface area contributed by atoms with E-state index in [1.165, 1.54) is 0 Å². The first-order valence-electron chi connectivity index (χ1n) is 7.95. The van der Waals surface area contributed by atoms with Gasteiger partial charge in [0.1, 0.15) is 0 Å². The number of hydrogen-bond acceptors (Lipinski definition) is 3. The topological polar surface area (TPSA) is 52.6 Å². The zero-order chi connectivity index (χ0) is 15.2. The maximum atomic E-state index is 12.1. The van der Waals surface area contributed by atoms with Gasteiger partial charge in [0.25, 0.3) is 5.91 Å². The van der Waals surface area contributed by atoms with Crippen molar-refractivity contribution in [3.8, 4) is 0 Å². The molecule has 0 heterocycles. The molecule has 0 spiro atoms. The Morgan fingerprint density at radius 1 is 1.24 bits per heavy atom. The first-order chi connectivity index (χ1) is 10.1. The van der Waals surface area contributed by atoms with Gasteiger partial charge in [0.15, 0.2) is 0 Å². The Hall–Kier alpha value is -1.55. The summed E-state index contributed by atoms with van der Waals surface area (Å²) in [6.45, 7) is 6.84. The summed E-state index contributed by atoms with van der Waals surface area (Å²) in [5, 5.41) is 12.5. The van der Waals surface area contributed by atoms with Crippen LogP contribution < -0.4 is 10.2 Å². The molecule has 21 heavy (non-hydrogen) atoms. The fraction of sp³-hybridized carbons (Fsp3) is 0.588. The van der Waals surface area contributed by atoms with E-state index in [1.54, 1.807) is 0 Å². The highest BCUT2D eigenvalue weighted by Crippen LogP contribution is 2.24. The fourth-order valence-electron chi connectivity index (χ4n) is 2.99. The molecular weight excluding hydrogens is 264 g/mol. The van der Waals surface area contributed by atoms with Crippen molar-refractivity contribution in [3.05, 3.63) is 29.8 Å². The van der Waals surface area contributed by atoms with Crippen LogP contribution in [-0.4, -0.2) is 36.8 Å². The zero-order valence-electron chi connectivity index (χ0n) is 13.0. The molecule has 2 rings (SSSR count). The molecule has 4 heteroatoms. The molecule has 0 aliphatic heterocycles. The molecule has 0 bridgehead atoms. The van der Waals surface area contributed by atoms with Crippen molar-refractivity contribution in [2.45, 2.75) is 39.2 Å². The Morgan fingerprint density at radius 2 is 1.90 bits per heavy atom. The molecule has 2 N–H and O–H groups in total. The van der Waals surface area contributed by atoms with Crippen LogP contribution >= 0.6 is 0 Å². The van der Waals surface area contributed by atoms with Crippen LogP contribution in [0.15, 0.2) is 24.3 Å². The summed E-state index contributed by atoms with van der Waals surface area (Å²) < 4.78 is 0. The summed E-state index contributed by atoms with van der Waals surface area (Å²) in [4.78, 5) is 14.4. The summed E-state index contributed by atoms with van der Waals surface area (Å²) in [5.74, 6) is 0.390. The highest BCUT2D eigenvalue weighted by atomic mass is 16.3. The van der Waals surface area contributed by atoms with Crippen LogP contribution in [0, 0.1) is 5.92 Å². The number of hydrogen-bond donors (Lipinski definition) is 2. The van der Waals surface area contributed by atoms with Gasteiger partial charge in [-0.15, -0.1) is 0 Å². The summed E-state index contributed by atoms with van der Waals surface area (Å²) in [5.41, 5.74) is 1.85. The lowest BCUT2D eigenvalue weighted by Crippen LogP contribution is -2.28. The van der Waals surface area contributed by atoms with E-state index >= 15 is 0 Å². The van der Waals surface area contributed by atoms with Crippen LogP contribution in [0.1, 0.15) is 43.5 Å². The number of benzene rings is 1. The van der Waals surface area contributed by atoms with Gasteiger partial charge in [-0.25, -0.2) is 0 Å². The summed E-state index contributed by atoms with van der Waals surface area (Å²) in [6.07, 6.45) is 2.49. The molecule has 1 saturated carbocycles. The number of aliphatic hydroxyl groups is 1. The molecule has 4 nitrogen and oxygen atoms in total. The van der Waals surface area contributed by atoms with E-state index in [1.807, 2.05) is 24.3 Å². The highest BCUT2D eigenvalue weighted by molar-refractivity contribution is 5.94. The second kappa shape index (κ2) is 7.46. The highest BCUT2D eigenvalue weighted by Gasteiger charge is 2.23. The minimum atomic E-state index is -0.180. The van der Waals surface area contributed by atoms with Crippen LogP contribution in [0.25, 0.3) is 0 Å². The Balaban J connectivity index is 1.87. The van der Waals surface area contributed by atoms with Crippen LogP contribution in [0.4, 0.5) is 5.69 Å². The van der Waals surface area contributed by atoms with Crippen LogP contribution in [0.5, 0.6) is 0 Å². The maximum absolute atomic E-state index is 12.1. The van der Waals surface area contributed by atoms with E-state index in [9.17, 15) is 9.90 Å². The monoisotopic (exact) mass is 290 g/mol. The molecule has 1 amide bonds. The molecule has 0 saturated heterocycles. The van der Waals surface area contributed by atoms with Crippen molar-refractivity contribution in [1.29, 1.82) is 0 Å². The molecule has 2 unspecified atom stereocenters. The van der Waals surface area contributed by atoms with Gasteiger partial charge in [-0.1, -0.05) is 0 Å². The predicted molar refractivity (Wildman–Crippen MR) is 85.7 cm³/mol. The van der Waals surface area contributed by atoms with Gasteiger partial charge in [-0.05, 0) is 63.3 Å². The Bertz CT molecular complexity index is 454. The SMILES string of the molecule is CCN(CC)c1ccc(C(=O)NCC2CCC(O)C2)cc1. The summed E-state index contributed by atoms with van der Waals surface area (Å²) >= 11 is 0. The number of aliphatic hydroxyl groups excluding tert-OH is 1. The van der Waals surface area contributed by atoms with E-state index < -0.39 is 0 Å². The van der Waals surface area contributed by atoms with Crippen molar-refractivity contribution in [2.24, 2.45) is 5.92 Å². The lowest BCUT2D eigenvalue weighted by molar-refractivity contribution is 0.0945. The Morgan fingerprint density at radius 3 is 2.43 bits per heavy atom. The van der Waals surface area contributed by atoms with Crippen LogP contribution in [0.3, 0.4) is 0 Å². The molecule has 1 aliphatic carbocycles. The van der Waals surface area contributed by atoms with Gasteiger partial charge in [0.05, 0.1) is 6.10 Å². The lowest BCUT2D eigenvalue weighted by atomic mass is 10.1. The zero-order valence-corrected chi connectivity index (χ0v) is 13.0. The lowest BCUT2D eigenvalue weighted by Gasteiger charge is -2.21. The molecule has 1 fully saturated rings. The molecule has 116 valence electrons. The number of carbonyl (C=O) groups is 1. The number of carbonyl (C=O) groups excluding carboxylic acids is 1. The normalized spacial score (nSPS) is 21.3. The fourth-order valence-corrected chi connectivity index (χ4v) is 2.99. The van der Waals surface area contributed by atoms with Gasteiger partial charge in [-0.2, -0.15) is 0 Å². The van der Waals surface area contributed by atoms with E-state index in [4.69, 9.17) is 0 Å². The van der Waals surface area contributed by atoms with Crippen LogP contribution in [-0.2, 0) is 0 Å². The molecule has 2 atom stereocenters. The molecule has 0 radical (unpaired) electrons. The number of anilines is 1. The van der Waals surface area contributed by atoms with Crippen molar-refractivity contribution >= 4 is 11.6 Å². The average Bonchev–Trinajstić information content (AvgIpc) is 2.92. The van der Waals surface area contributed by atoms with Gasteiger partial charge >= 0.3 is 0 Å². The van der Waals surface area contributed by atoms with Gasteiger partial charge < -0.3 is 15.3 Å². The molecule has 1 aliphatic rings. The standard InChI is InChI=1S/C17H26N2O2/c1-3-19(4-2)15-8-6-14(7-9-15)17(21)18-12-13-5-10-16(20)11-13/h6-9,13,16,20H,3-5,10-12H2,1-2H3,(H,18,21). The minimum Gasteiger partial charge on any atom is -0.393 e. The number of rotatable bonds is 6. The number of nitrogens with zero attached hydrogens (tertiary/aromatic N) is 1. The first kappa shape index (κ1) is 15.8.